The number of hydrogen-bond acceptors (Lipinski definition) is 3. The average Bonchev–Trinajstić information content (AvgIpc) is 2.28. The van der Waals surface area contributed by atoms with Crippen molar-refractivity contribution in [2.24, 2.45) is 0 Å². The van der Waals surface area contributed by atoms with Gasteiger partial charge in [0.15, 0.2) is 0 Å². The maximum Gasteiger partial charge on any atom is 0.230 e. The van der Waals surface area contributed by atoms with Crippen LogP contribution in [0.2, 0.25) is 0 Å². The van der Waals surface area contributed by atoms with Crippen LogP contribution in [0.15, 0.2) is 0 Å². The molecule has 0 aromatic rings. The average molecular weight is 199 g/mol. The van der Waals surface area contributed by atoms with Gasteiger partial charge in [-0.3, -0.25) is 14.5 Å². The van der Waals surface area contributed by atoms with Gasteiger partial charge in [0.2, 0.25) is 11.8 Å². The predicted molar refractivity (Wildman–Crippen MR) is 51.5 cm³/mol. The Kier molecular flexibility index (Phi) is 2.44. The SMILES string of the molecule is CC(C)(O)C(C)(C)N1C(=O)CCC1=O. The number of rotatable bonds is 2. The molecule has 1 aliphatic heterocycles. The molecule has 14 heavy (non-hydrogen) atoms. The van der Waals surface area contributed by atoms with Gasteiger partial charge in [0, 0.05) is 12.8 Å². The first kappa shape index (κ1) is 11.2. The van der Waals surface area contributed by atoms with Crippen molar-refractivity contribution in [2.45, 2.75) is 51.7 Å². The Bertz CT molecular complexity index is 260. The Balaban J connectivity index is 3.03. The zero-order chi connectivity index (χ0) is 11.1. The summed E-state index contributed by atoms with van der Waals surface area (Å²) in [4.78, 5) is 24.1. The van der Waals surface area contributed by atoms with Crippen molar-refractivity contribution in [3.05, 3.63) is 0 Å². The highest BCUT2D eigenvalue weighted by molar-refractivity contribution is 6.02. The van der Waals surface area contributed by atoms with E-state index in [0.29, 0.717) is 0 Å². The van der Waals surface area contributed by atoms with Crippen LogP contribution in [-0.4, -0.2) is 33.0 Å². The second kappa shape index (κ2) is 3.05. The van der Waals surface area contributed by atoms with Crippen molar-refractivity contribution in [3.8, 4) is 0 Å². The third-order valence-corrected chi connectivity index (χ3v) is 3.11. The van der Waals surface area contributed by atoms with E-state index in [0.717, 1.165) is 0 Å². The molecule has 1 fully saturated rings. The van der Waals surface area contributed by atoms with E-state index in [1.165, 1.54) is 4.90 Å². The van der Waals surface area contributed by atoms with E-state index in [-0.39, 0.29) is 24.7 Å². The van der Waals surface area contributed by atoms with E-state index in [2.05, 4.69) is 0 Å². The summed E-state index contributed by atoms with van der Waals surface area (Å²) < 4.78 is 0. The fourth-order valence-electron chi connectivity index (χ4n) is 1.47. The molecule has 0 unspecified atom stereocenters. The number of aliphatic hydroxyl groups is 1. The molecule has 1 N–H and O–H groups in total. The summed E-state index contributed by atoms with van der Waals surface area (Å²) in [5, 5.41) is 9.90. The van der Waals surface area contributed by atoms with Crippen molar-refractivity contribution in [1.82, 2.24) is 4.90 Å². The van der Waals surface area contributed by atoms with Crippen molar-refractivity contribution in [3.63, 3.8) is 0 Å². The van der Waals surface area contributed by atoms with Gasteiger partial charge in [-0.2, -0.15) is 0 Å². The number of nitrogens with zero attached hydrogens (tertiary/aromatic N) is 1. The molecule has 0 atom stereocenters. The van der Waals surface area contributed by atoms with E-state index in [1.54, 1.807) is 27.7 Å². The quantitative estimate of drug-likeness (QED) is 0.665. The molecule has 1 rings (SSSR count). The zero-order valence-electron chi connectivity index (χ0n) is 9.13. The summed E-state index contributed by atoms with van der Waals surface area (Å²) in [7, 11) is 0. The van der Waals surface area contributed by atoms with Gasteiger partial charge < -0.3 is 5.11 Å². The summed E-state index contributed by atoms with van der Waals surface area (Å²) in [6.45, 7) is 6.61. The third kappa shape index (κ3) is 1.54. The first-order chi connectivity index (χ1) is 6.18. The normalized spacial score (nSPS) is 19.4. The van der Waals surface area contributed by atoms with Crippen molar-refractivity contribution < 1.29 is 14.7 Å². The number of hydrogen-bond donors (Lipinski definition) is 1. The molecule has 0 radical (unpaired) electrons. The van der Waals surface area contributed by atoms with Crippen LogP contribution in [0.5, 0.6) is 0 Å². The van der Waals surface area contributed by atoms with E-state index < -0.39 is 11.1 Å². The number of carbonyl (C=O) groups excluding carboxylic acids is 2. The maximum atomic E-state index is 11.5. The highest BCUT2D eigenvalue weighted by Crippen LogP contribution is 2.32. The monoisotopic (exact) mass is 199 g/mol. The lowest BCUT2D eigenvalue weighted by Gasteiger charge is -2.43. The number of amides is 2. The Morgan fingerprint density at radius 2 is 1.43 bits per heavy atom. The molecule has 2 amide bonds. The third-order valence-electron chi connectivity index (χ3n) is 3.11. The largest absolute Gasteiger partial charge is 0.388 e. The second-order valence-electron chi connectivity index (χ2n) is 4.74. The second-order valence-corrected chi connectivity index (χ2v) is 4.74. The molecular weight excluding hydrogens is 182 g/mol. The number of imide groups is 1. The lowest BCUT2D eigenvalue weighted by Crippen LogP contribution is -2.59. The van der Waals surface area contributed by atoms with E-state index in [9.17, 15) is 14.7 Å². The molecule has 0 aromatic heterocycles. The van der Waals surface area contributed by atoms with Crippen LogP contribution < -0.4 is 0 Å². The van der Waals surface area contributed by atoms with Gasteiger partial charge in [0.25, 0.3) is 0 Å². The highest BCUT2D eigenvalue weighted by atomic mass is 16.3. The van der Waals surface area contributed by atoms with Crippen LogP contribution in [-0.2, 0) is 9.59 Å². The van der Waals surface area contributed by atoms with Gasteiger partial charge in [-0.15, -0.1) is 0 Å². The Morgan fingerprint density at radius 1 is 1.07 bits per heavy atom. The number of likely N-dealkylation sites (tertiary alicyclic amines) is 1. The minimum Gasteiger partial charge on any atom is -0.388 e. The highest BCUT2D eigenvalue weighted by Gasteiger charge is 2.48. The van der Waals surface area contributed by atoms with Crippen LogP contribution in [0, 0.1) is 0 Å². The lowest BCUT2D eigenvalue weighted by atomic mass is 9.84. The molecule has 1 aliphatic rings. The molecule has 0 aliphatic carbocycles. The fourth-order valence-corrected chi connectivity index (χ4v) is 1.47. The van der Waals surface area contributed by atoms with E-state index in [4.69, 9.17) is 0 Å². The zero-order valence-corrected chi connectivity index (χ0v) is 9.13. The van der Waals surface area contributed by atoms with E-state index in [1.807, 2.05) is 0 Å². The molecule has 0 aromatic carbocycles. The van der Waals surface area contributed by atoms with Crippen molar-refractivity contribution in [1.29, 1.82) is 0 Å². The standard InChI is InChI=1S/C10H17NO3/c1-9(2,10(3,4)14)11-7(12)5-6-8(11)13/h14H,5-6H2,1-4H3. The Hall–Kier alpha value is -0.900. The number of carbonyl (C=O) groups is 2. The predicted octanol–water partition coefficient (Wildman–Crippen LogP) is 0.685. The van der Waals surface area contributed by atoms with Gasteiger partial charge in [-0.25, -0.2) is 0 Å². The van der Waals surface area contributed by atoms with Crippen molar-refractivity contribution >= 4 is 11.8 Å². The van der Waals surface area contributed by atoms with Crippen LogP contribution in [0.1, 0.15) is 40.5 Å². The van der Waals surface area contributed by atoms with Crippen LogP contribution in [0.4, 0.5) is 0 Å². The molecular formula is C10H17NO3. The van der Waals surface area contributed by atoms with Gasteiger partial charge in [0.1, 0.15) is 0 Å². The summed E-state index contributed by atoms with van der Waals surface area (Å²) >= 11 is 0. The Labute approximate surface area is 83.9 Å². The molecule has 1 saturated heterocycles. The van der Waals surface area contributed by atoms with E-state index >= 15 is 0 Å². The molecule has 0 bridgehead atoms. The molecule has 4 nitrogen and oxygen atoms in total. The first-order valence-electron chi connectivity index (χ1n) is 4.76. The smallest absolute Gasteiger partial charge is 0.230 e. The first-order valence-corrected chi connectivity index (χ1v) is 4.76. The summed E-state index contributed by atoms with van der Waals surface area (Å²) in [5.41, 5.74) is -1.94. The van der Waals surface area contributed by atoms with Gasteiger partial charge >= 0.3 is 0 Å². The fraction of sp³-hybridized carbons (Fsp3) is 0.800. The van der Waals surface area contributed by atoms with Crippen molar-refractivity contribution in [2.75, 3.05) is 0 Å². The van der Waals surface area contributed by atoms with Gasteiger partial charge in [0.05, 0.1) is 11.1 Å². The molecule has 4 heteroatoms. The molecule has 0 spiro atoms. The van der Waals surface area contributed by atoms with Crippen LogP contribution >= 0.6 is 0 Å². The molecule has 80 valence electrons. The maximum absolute atomic E-state index is 11.5. The molecule has 1 heterocycles. The summed E-state index contributed by atoms with van der Waals surface area (Å²) in [6.07, 6.45) is 0.524. The molecule has 0 saturated carbocycles. The van der Waals surface area contributed by atoms with Crippen LogP contribution in [0.25, 0.3) is 0 Å². The van der Waals surface area contributed by atoms with Gasteiger partial charge in [-0.1, -0.05) is 0 Å². The van der Waals surface area contributed by atoms with Gasteiger partial charge in [-0.05, 0) is 27.7 Å². The summed E-state index contributed by atoms with van der Waals surface area (Å²) in [6, 6.07) is 0. The minimum absolute atomic E-state index is 0.192. The Morgan fingerprint density at radius 3 is 1.71 bits per heavy atom. The minimum atomic E-state index is -1.09. The summed E-state index contributed by atoms with van der Waals surface area (Å²) in [5.74, 6) is -0.385. The lowest BCUT2D eigenvalue weighted by molar-refractivity contribution is -0.155. The topological polar surface area (TPSA) is 57.6 Å². The van der Waals surface area contributed by atoms with Crippen LogP contribution in [0.3, 0.4) is 0 Å².